The van der Waals surface area contributed by atoms with Crippen molar-refractivity contribution in [3.8, 4) is 11.5 Å². The largest absolute Gasteiger partial charge is 1.00 e. The van der Waals surface area contributed by atoms with Gasteiger partial charge in [-0.15, -0.1) is 0 Å². The first kappa shape index (κ1) is 22.1. The molecule has 120 valence electrons. The van der Waals surface area contributed by atoms with Gasteiger partial charge in [-0.1, -0.05) is 17.9 Å². The number of carbonyl (C=O) groups is 2. The van der Waals surface area contributed by atoms with Gasteiger partial charge in [-0.2, -0.15) is 0 Å². The van der Waals surface area contributed by atoms with Crippen molar-refractivity contribution < 1.29 is 86.5 Å². The van der Waals surface area contributed by atoms with Crippen LogP contribution in [0.1, 0.15) is 12.5 Å². The van der Waals surface area contributed by atoms with Gasteiger partial charge in [0, 0.05) is 12.6 Å². The standard InChI is InChI=1S/C14H17NO7.K/c1-14(22,13(20)21)11(18)7-15-12(19)5-3-8-2-4-9(16)10(17)6-8;/h2-6,11,16-18,22H,7H2,1H3,(H,15,19)(H,20,21);/q;+1/p-1/b5-3-;/t11-,14+;/m1./s1. The van der Waals surface area contributed by atoms with Crippen molar-refractivity contribution in [3.63, 3.8) is 0 Å². The van der Waals surface area contributed by atoms with E-state index in [9.17, 15) is 30.0 Å². The van der Waals surface area contributed by atoms with Gasteiger partial charge in [0.05, 0.1) is 0 Å². The average Bonchev–Trinajstić information content (AvgIpc) is 2.45. The van der Waals surface area contributed by atoms with E-state index in [2.05, 4.69) is 5.32 Å². The smallest absolute Gasteiger partial charge is 0.870 e. The van der Waals surface area contributed by atoms with E-state index < -0.39 is 41.6 Å². The minimum atomic E-state index is -2.38. The summed E-state index contributed by atoms with van der Waals surface area (Å²) in [7, 11) is 0. The monoisotopic (exact) mass is 349 g/mol. The number of aliphatic hydroxyl groups excluding tert-OH is 1. The number of aromatic hydroxyl groups is 1. The van der Waals surface area contributed by atoms with Gasteiger partial charge in [-0.3, -0.25) is 4.79 Å². The van der Waals surface area contributed by atoms with Gasteiger partial charge < -0.3 is 30.8 Å². The second-order valence-corrected chi connectivity index (χ2v) is 4.77. The van der Waals surface area contributed by atoms with Crippen LogP contribution in [0.5, 0.6) is 11.5 Å². The molecule has 5 N–H and O–H groups in total. The van der Waals surface area contributed by atoms with Gasteiger partial charge in [-0.25, -0.2) is 4.79 Å². The summed E-state index contributed by atoms with van der Waals surface area (Å²) in [6, 6.07) is 3.72. The molecule has 0 radical (unpaired) electrons. The van der Waals surface area contributed by atoms with Gasteiger partial charge in [0.25, 0.3) is 0 Å². The van der Waals surface area contributed by atoms with E-state index in [1.165, 1.54) is 18.2 Å². The summed E-state index contributed by atoms with van der Waals surface area (Å²) in [5, 5.41) is 50.1. The maximum Gasteiger partial charge on any atom is 1.00 e. The second-order valence-electron chi connectivity index (χ2n) is 4.77. The van der Waals surface area contributed by atoms with E-state index >= 15 is 0 Å². The van der Waals surface area contributed by atoms with Crippen molar-refractivity contribution in [3.05, 3.63) is 29.8 Å². The molecule has 0 bridgehead atoms. The van der Waals surface area contributed by atoms with Gasteiger partial charge in [-0.05, 0) is 24.6 Å². The number of amides is 1. The number of aliphatic hydroxyl groups is 2. The molecule has 0 spiro atoms. The van der Waals surface area contributed by atoms with Crippen LogP contribution in [0.25, 0.3) is 6.08 Å². The van der Waals surface area contributed by atoms with E-state index in [1.54, 1.807) is 0 Å². The molecule has 0 heterocycles. The van der Waals surface area contributed by atoms with Crippen molar-refractivity contribution in [1.29, 1.82) is 0 Å². The number of carboxylic acids is 1. The van der Waals surface area contributed by atoms with Crippen LogP contribution in [-0.2, 0) is 9.59 Å². The number of carbonyl (C=O) groups excluding carboxylic acids is 1. The third-order valence-corrected chi connectivity index (χ3v) is 2.96. The molecule has 1 rings (SSSR count). The molecule has 2 atom stereocenters. The predicted molar refractivity (Wildman–Crippen MR) is 73.9 cm³/mol. The number of nitrogens with one attached hydrogen (secondary N) is 1. The summed E-state index contributed by atoms with van der Waals surface area (Å²) < 4.78 is 0. The zero-order valence-corrected chi connectivity index (χ0v) is 15.8. The van der Waals surface area contributed by atoms with Crippen molar-refractivity contribution in [2.45, 2.75) is 18.6 Å². The molecule has 23 heavy (non-hydrogen) atoms. The first-order valence-corrected chi connectivity index (χ1v) is 6.24. The molecule has 0 fully saturated rings. The Labute approximate surface area is 174 Å². The quantitative estimate of drug-likeness (QED) is 0.258. The Morgan fingerprint density at radius 1 is 1.43 bits per heavy atom. The van der Waals surface area contributed by atoms with Gasteiger partial charge in [0.15, 0.2) is 5.60 Å². The number of benzene rings is 1. The van der Waals surface area contributed by atoms with Crippen LogP contribution < -0.4 is 61.8 Å². The average molecular weight is 349 g/mol. The Kier molecular flexibility index (Phi) is 8.99. The minimum Gasteiger partial charge on any atom is -0.870 e. The summed E-state index contributed by atoms with van der Waals surface area (Å²) >= 11 is 0. The van der Waals surface area contributed by atoms with Gasteiger partial charge in [0.2, 0.25) is 5.91 Å². The van der Waals surface area contributed by atoms with Crippen molar-refractivity contribution in [2.24, 2.45) is 0 Å². The molecule has 1 amide bonds. The SMILES string of the molecule is C[C@@](O)(C(=O)O)[C@H](O)CNC(=O)/C=C\c1ccc([O-])c(O)c1.[K+]. The van der Waals surface area contributed by atoms with Crippen molar-refractivity contribution in [2.75, 3.05) is 6.54 Å². The number of phenols is 1. The number of hydrogen-bond donors (Lipinski definition) is 5. The Hall–Kier alpha value is -0.944. The molecular formula is C14H16KNO7. The van der Waals surface area contributed by atoms with E-state index in [4.69, 9.17) is 5.11 Å². The van der Waals surface area contributed by atoms with E-state index in [0.717, 1.165) is 19.1 Å². The van der Waals surface area contributed by atoms with E-state index in [-0.39, 0.29) is 51.4 Å². The van der Waals surface area contributed by atoms with Gasteiger partial charge >= 0.3 is 57.4 Å². The van der Waals surface area contributed by atoms with Crippen LogP contribution >= 0.6 is 0 Å². The predicted octanol–water partition coefficient (Wildman–Crippen LogP) is -4.20. The first-order valence-electron chi connectivity index (χ1n) is 6.24. The Morgan fingerprint density at radius 2 is 2.04 bits per heavy atom. The van der Waals surface area contributed by atoms with Crippen LogP contribution in [-0.4, -0.2) is 50.6 Å². The molecule has 1 aromatic rings. The fraction of sp³-hybridized carbons (Fsp3) is 0.286. The Bertz CT molecular complexity index is 601. The number of aliphatic carboxylic acids is 1. The molecular weight excluding hydrogens is 333 g/mol. The molecule has 0 aromatic heterocycles. The number of rotatable bonds is 6. The zero-order chi connectivity index (χ0) is 16.9. The molecule has 0 aliphatic heterocycles. The van der Waals surface area contributed by atoms with Crippen LogP contribution in [0.15, 0.2) is 24.3 Å². The maximum atomic E-state index is 11.5. The van der Waals surface area contributed by atoms with Crippen molar-refractivity contribution in [1.82, 2.24) is 5.32 Å². The summed E-state index contributed by atoms with van der Waals surface area (Å²) in [6.07, 6.45) is 0.698. The molecule has 0 saturated carbocycles. The fourth-order valence-corrected chi connectivity index (χ4v) is 1.41. The Balaban J connectivity index is 0.00000484. The molecule has 0 saturated heterocycles. The summed E-state index contributed by atoms with van der Waals surface area (Å²) in [5.41, 5.74) is -1.97. The molecule has 1 aromatic carbocycles. The summed E-state index contributed by atoms with van der Waals surface area (Å²) in [4.78, 5) is 22.2. The number of phenolic OH excluding ortho intramolecular Hbond substituents is 1. The summed E-state index contributed by atoms with van der Waals surface area (Å²) in [5.74, 6) is -3.25. The topological polar surface area (TPSA) is 150 Å². The summed E-state index contributed by atoms with van der Waals surface area (Å²) in [6.45, 7) is 0.447. The molecule has 0 aliphatic rings. The number of carboxylic acid groups (broad SMARTS) is 1. The minimum absolute atomic E-state index is 0. The van der Waals surface area contributed by atoms with E-state index in [0.29, 0.717) is 5.56 Å². The Morgan fingerprint density at radius 3 is 2.57 bits per heavy atom. The molecule has 9 heteroatoms. The maximum absolute atomic E-state index is 11.5. The van der Waals surface area contributed by atoms with Crippen molar-refractivity contribution >= 4 is 18.0 Å². The second kappa shape index (κ2) is 9.38. The van der Waals surface area contributed by atoms with Crippen LogP contribution in [0.2, 0.25) is 0 Å². The number of hydrogen-bond acceptors (Lipinski definition) is 6. The van der Waals surface area contributed by atoms with Crippen LogP contribution in [0.4, 0.5) is 0 Å². The third-order valence-electron chi connectivity index (χ3n) is 2.96. The van der Waals surface area contributed by atoms with Gasteiger partial charge in [0.1, 0.15) is 11.9 Å². The third kappa shape index (κ3) is 6.59. The molecule has 0 unspecified atom stereocenters. The normalized spacial score (nSPS) is 14.6. The zero-order valence-electron chi connectivity index (χ0n) is 12.7. The van der Waals surface area contributed by atoms with Crippen LogP contribution in [0.3, 0.4) is 0 Å². The fourth-order valence-electron chi connectivity index (χ4n) is 1.41. The first-order chi connectivity index (χ1) is 10.1. The molecule has 8 nitrogen and oxygen atoms in total. The molecule has 0 aliphatic carbocycles. The van der Waals surface area contributed by atoms with Crippen LogP contribution in [0, 0.1) is 0 Å². The van der Waals surface area contributed by atoms with E-state index in [1.807, 2.05) is 0 Å².